The van der Waals surface area contributed by atoms with Crippen molar-refractivity contribution in [3.63, 3.8) is 0 Å². The van der Waals surface area contributed by atoms with Gasteiger partial charge in [0.2, 0.25) is 0 Å². The Morgan fingerprint density at radius 2 is 1.72 bits per heavy atom. The van der Waals surface area contributed by atoms with Crippen molar-refractivity contribution >= 4 is 28.3 Å². The van der Waals surface area contributed by atoms with Crippen molar-refractivity contribution in [3.05, 3.63) is 126 Å². The molecule has 0 atom stereocenters. The molecule has 3 aromatic carbocycles. The number of non-ortho nitro benzene ring substituents is 2. The number of phenolic OH excluding ortho intramolecular Hbond substituents is 1. The molecule has 15 heteroatoms. The Morgan fingerprint density at radius 1 is 0.979 bits per heavy atom. The van der Waals surface area contributed by atoms with Gasteiger partial charge >= 0.3 is 0 Å². The molecule has 2 aliphatic rings. The molecule has 1 aromatic heterocycles. The number of carbonyl (C=O) groups is 1. The summed E-state index contributed by atoms with van der Waals surface area (Å²) < 4.78 is 13.4. The van der Waals surface area contributed by atoms with E-state index in [-0.39, 0.29) is 29.9 Å². The number of phenols is 1. The van der Waals surface area contributed by atoms with E-state index in [9.17, 15) is 34.9 Å². The van der Waals surface area contributed by atoms with E-state index in [0.29, 0.717) is 29.3 Å². The SMILES string of the molecule is Cc1cc(OCCn2cc(CNC(=O)c3cc([N+](=O)[O-])cc([N+](=O)[O-])c3)nn2)ccc1-c1c2ccc(=O)cc-2oc2cc(O)ccc12. The number of rotatable bonds is 10. The molecule has 0 saturated carbocycles. The first-order chi connectivity index (χ1) is 22.5. The van der Waals surface area contributed by atoms with Gasteiger partial charge in [-0.2, -0.15) is 0 Å². The summed E-state index contributed by atoms with van der Waals surface area (Å²) in [6.07, 6.45) is 1.59. The Bertz CT molecular complexity index is 2190. The van der Waals surface area contributed by atoms with E-state index < -0.39 is 27.1 Å². The van der Waals surface area contributed by atoms with Crippen LogP contribution in [0, 0.1) is 27.2 Å². The summed E-state index contributed by atoms with van der Waals surface area (Å²) in [6, 6.07) is 17.8. The van der Waals surface area contributed by atoms with E-state index >= 15 is 0 Å². The number of amides is 1. The van der Waals surface area contributed by atoms with E-state index in [4.69, 9.17) is 9.15 Å². The van der Waals surface area contributed by atoms with Gasteiger partial charge in [0.1, 0.15) is 35.1 Å². The molecule has 0 radical (unpaired) electrons. The topological polar surface area (TPSA) is 206 Å². The molecule has 15 nitrogen and oxygen atoms in total. The van der Waals surface area contributed by atoms with Gasteiger partial charge in [0, 0.05) is 40.8 Å². The number of nitro groups is 2. The van der Waals surface area contributed by atoms with Crippen molar-refractivity contribution in [1.29, 1.82) is 0 Å². The third-order valence-corrected chi connectivity index (χ3v) is 7.34. The summed E-state index contributed by atoms with van der Waals surface area (Å²) in [4.78, 5) is 45.2. The number of hydrogen-bond acceptors (Lipinski definition) is 11. The highest BCUT2D eigenvalue weighted by atomic mass is 16.6. The van der Waals surface area contributed by atoms with Crippen LogP contribution >= 0.6 is 0 Å². The van der Waals surface area contributed by atoms with Crippen LogP contribution < -0.4 is 15.5 Å². The minimum absolute atomic E-state index is 0.0447. The van der Waals surface area contributed by atoms with Crippen LogP contribution in [-0.4, -0.2) is 42.5 Å². The van der Waals surface area contributed by atoms with Gasteiger partial charge in [0.25, 0.3) is 17.3 Å². The van der Waals surface area contributed by atoms with E-state index in [1.54, 1.807) is 24.4 Å². The normalized spacial score (nSPS) is 11.1. The number of fused-ring (bicyclic) bond motifs is 2. The zero-order valence-electron chi connectivity index (χ0n) is 24.6. The van der Waals surface area contributed by atoms with Crippen LogP contribution in [0.5, 0.6) is 11.5 Å². The van der Waals surface area contributed by atoms with Gasteiger partial charge in [0.15, 0.2) is 5.43 Å². The average Bonchev–Trinajstić information content (AvgIpc) is 3.50. The monoisotopic (exact) mass is 636 g/mol. The molecule has 2 N–H and O–H groups in total. The lowest BCUT2D eigenvalue weighted by Crippen LogP contribution is -2.23. The molecular formula is C32H24N6O9. The number of aryl methyl sites for hydroxylation is 1. The van der Waals surface area contributed by atoms with Gasteiger partial charge < -0.3 is 19.6 Å². The van der Waals surface area contributed by atoms with Crippen LogP contribution in [-0.2, 0) is 13.1 Å². The number of nitrogens with zero attached hydrogens (tertiary/aromatic N) is 5. The van der Waals surface area contributed by atoms with Crippen LogP contribution in [0.15, 0.2) is 88.2 Å². The average molecular weight is 637 g/mol. The highest BCUT2D eigenvalue weighted by Gasteiger charge is 2.21. The number of aromatic hydroxyl groups is 1. The van der Waals surface area contributed by atoms with E-state index in [0.717, 1.165) is 45.8 Å². The molecule has 1 amide bonds. The fourth-order valence-corrected chi connectivity index (χ4v) is 5.15. The maximum absolute atomic E-state index is 12.5. The molecule has 0 spiro atoms. The van der Waals surface area contributed by atoms with Gasteiger partial charge in [-0.25, -0.2) is 4.68 Å². The lowest BCUT2D eigenvalue weighted by atomic mass is 9.91. The predicted octanol–water partition coefficient (Wildman–Crippen LogP) is 5.00. The molecule has 1 aliphatic carbocycles. The lowest BCUT2D eigenvalue weighted by Gasteiger charge is -2.17. The number of ether oxygens (including phenoxy) is 1. The number of benzene rings is 4. The third-order valence-electron chi connectivity index (χ3n) is 7.34. The second kappa shape index (κ2) is 12.4. The summed E-state index contributed by atoms with van der Waals surface area (Å²) in [5, 5.41) is 43.6. The van der Waals surface area contributed by atoms with E-state index in [1.165, 1.54) is 22.9 Å². The van der Waals surface area contributed by atoms with Crippen molar-refractivity contribution in [2.75, 3.05) is 6.61 Å². The van der Waals surface area contributed by atoms with Crippen molar-refractivity contribution in [1.82, 2.24) is 20.3 Å². The summed E-state index contributed by atoms with van der Waals surface area (Å²) >= 11 is 0. The Hall–Kier alpha value is -6.64. The maximum atomic E-state index is 12.5. The highest BCUT2D eigenvalue weighted by molar-refractivity contribution is 6.02. The van der Waals surface area contributed by atoms with Crippen molar-refractivity contribution < 1.29 is 28.9 Å². The standard InChI is InChI=1S/C32H24N6O9/c1-18-10-25(4-7-26(18)31-27-5-2-23(39)14-29(27)47-30-15-24(40)3-6-28(30)31)46-9-8-36-17-20(34-35-36)16-33-32(41)19-11-21(37(42)43)13-22(12-19)38(44)45/h2-7,10-15,17,39H,8-9,16H2,1H3,(H,33,41). The molecule has 4 aromatic rings. The fraction of sp³-hybridized carbons (Fsp3) is 0.125. The van der Waals surface area contributed by atoms with Crippen LogP contribution in [0.1, 0.15) is 21.6 Å². The quantitative estimate of drug-likeness (QED) is 0.116. The molecule has 0 bridgehead atoms. The smallest absolute Gasteiger partial charge is 0.277 e. The van der Waals surface area contributed by atoms with Crippen molar-refractivity contribution in [2.24, 2.45) is 0 Å². The number of nitro benzene ring substituents is 2. The van der Waals surface area contributed by atoms with Crippen molar-refractivity contribution in [2.45, 2.75) is 20.0 Å². The van der Waals surface area contributed by atoms with E-state index in [2.05, 4.69) is 15.6 Å². The first-order valence-corrected chi connectivity index (χ1v) is 14.1. The maximum Gasteiger partial charge on any atom is 0.277 e. The zero-order valence-corrected chi connectivity index (χ0v) is 24.6. The lowest BCUT2D eigenvalue weighted by molar-refractivity contribution is -0.394. The zero-order chi connectivity index (χ0) is 33.2. The number of hydrogen-bond donors (Lipinski definition) is 2. The van der Waals surface area contributed by atoms with Gasteiger partial charge in [-0.15, -0.1) is 5.10 Å². The predicted molar refractivity (Wildman–Crippen MR) is 167 cm³/mol. The van der Waals surface area contributed by atoms with Crippen LogP contribution in [0.4, 0.5) is 11.4 Å². The molecule has 2 heterocycles. The fourth-order valence-electron chi connectivity index (χ4n) is 5.15. The van der Waals surface area contributed by atoms with E-state index in [1.807, 2.05) is 25.1 Å². The molecule has 0 unspecified atom stereocenters. The Balaban J connectivity index is 1.11. The molecule has 0 saturated heterocycles. The van der Waals surface area contributed by atoms with Crippen molar-refractivity contribution in [3.8, 4) is 33.9 Å². The Morgan fingerprint density at radius 3 is 2.45 bits per heavy atom. The number of nitrogens with one attached hydrogen (secondary N) is 1. The second-order valence-corrected chi connectivity index (χ2v) is 10.5. The van der Waals surface area contributed by atoms with Crippen LogP contribution in [0.2, 0.25) is 0 Å². The van der Waals surface area contributed by atoms with Gasteiger partial charge in [-0.3, -0.25) is 29.8 Å². The van der Waals surface area contributed by atoms with Gasteiger partial charge in [-0.05, 0) is 54.4 Å². The van der Waals surface area contributed by atoms with Crippen LogP contribution in [0.3, 0.4) is 0 Å². The number of carbonyl (C=O) groups excluding carboxylic acids is 1. The molecule has 236 valence electrons. The molecular weight excluding hydrogens is 612 g/mol. The minimum atomic E-state index is -0.811. The first-order valence-electron chi connectivity index (χ1n) is 14.1. The molecule has 6 rings (SSSR count). The largest absolute Gasteiger partial charge is 0.508 e. The van der Waals surface area contributed by atoms with Gasteiger partial charge in [0.05, 0.1) is 40.8 Å². The highest BCUT2D eigenvalue weighted by Crippen LogP contribution is 2.42. The Kier molecular flexibility index (Phi) is 8.01. The summed E-state index contributed by atoms with van der Waals surface area (Å²) in [6.45, 7) is 2.45. The molecule has 0 fully saturated rings. The summed E-state index contributed by atoms with van der Waals surface area (Å²) in [5.41, 5.74) is 2.69. The molecule has 1 aliphatic heterocycles. The second-order valence-electron chi connectivity index (χ2n) is 10.5. The molecule has 47 heavy (non-hydrogen) atoms. The summed E-state index contributed by atoms with van der Waals surface area (Å²) in [5.74, 6) is 0.319. The minimum Gasteiger partial charge on any atom is -0.508 e. The first kappa shape index (κ1) is 30.4. The van der Waals surface area contributed by atoms with Crippen LogP contribution in [0.25, 0.3) is 33.4 Å². The number of aromatic nitrogens is 3. The third kappa shape index (κ3) is 6.44. The summed E-state index contributed by atoms with van der Waals surface area (Å²) in [7, 11) is 0. The van der Waals surface area contributed by atoms with Gasteiger partial charge in [-0.1, -0.05) is 11.3 Å². The Labute approximate surface area is 264 Å².